The van der Waals surface area contributed by atoms with Crippen LogP contribution in [-0.2, 0) is 29.4 Å². The van der Waals surface area contributed by atoms with Crippen molar-refractivity contribution in [2.45, 2.75) is 45.4 Å². The highest BCUT2D eigenvalue weighted by atomic mass is 32.1. The number of ether oxygens (including phenoxy) is 1. The zero-order valence-corrected chi connectivity index (χ0v) is 19.6. The van der Waals surface area contributed by atoms with Gasteiger partial charge >= 0.3 is 12.1 Å². The van der Waals surface area contributed by atoms with Crippen LogP contribution in [0.2, 0.25) is 0 Å². The molecule has 0 amide bonds. The molecule has 34 heavy (non-hydrogen) atoms. The van der Waals surface area contributed by atoms with Gasteiger partial charge in [0.05, 0.1) is 21.5 Å². The van der Waals surface area contributed by atoms with Gasteiger partial charge in [0.25, 0.3) is 0 Å². The number of aliphatic carboxylic acids is 1. The number of aromatic nitrogens is 2. The average Bonchev–Trinajstić information content (AvgIpc) is 3.41. The number of alkyl halides is 3. The van der Waals surface area contributed by atoms with Gasteiger partial charge in [0.15, 0.2) is 0 Å². The fraction of sp³-hybridized carbons (Fsp3) is 0.280. The van der Waals surface area contributed by atoms with E-state index < -0.39 is 23.1 Å². The molecule has 9 heteroatoms. The summed E-state index contributed by atoms with van der Waals surface area (Å²) in [6.07, 6.45) is -2.02. The van der Waals surface area contributed by atoms with Gasteiger partial charge in [-0.1, -0.05) is 19.1 Å². The molecule has 0 bridgehead atoms. The molecule has 0 aliphatic carbocycles. The first-order valence-electron chi connectivity index (χ1n) is 10.6. The van der Waals surface area contributed by atoms with Gasteiger partial charge in [0.2, 0.25) is 0 Å². The van der Waals surface area contributed by atoms with Crippen LogP contribution in [0.4, 0.5) is 13.2 Å². The Morgan fingerprint density at radius 3 is 2.47 bits per heavy atom. The Bertz CT molecular complexity index is 1340. The molecule has 0 atom stereocenters. The maximum absolute atomic E-state index is 12.9. The third kappa shape index (κ3) is 4.52. The van der Waals surface area contributed by atoms with Gasteiger partial charge in [0.1, 0.15) is 17.4 Å². The molecule has 2 aromatic heterocycles. The number of carboxylic acids is 1. The summed E-state index contributed by atoms with van der Waals surface area (Å²) in [5.74, 6) is -0.339. The van der Waals surface area contributed by atoms with Gasteiger partial charge in [-0.05, 0) is 56.2 Å². The molecule has 0 saturated carbocycles. The number of aromatic amines is 1. The first-order valence-corrected chi connectivity index (χ1v) is 11.5. The van der Waals surface area contributed by atoms with Crippen molar-refractivity contribution in [3.8, 4) is 16.3 Å². The number of benzene rings is 2. The Kier molecular flexibility index (Phi) is 6.16. The largest absolute Gasteiger partial charge is 0.488 e. The summed E-state index contributed by atoms with van der Waals surface area (Å²) in [5.41, 5.74) is 1.16. The van der Waals surface area contributed by atoms with Crippen molar-refractivity contribution < 1.29 is 27.8 Å². The predicted octanol–water partition coefficient (Wildman–Crippen LogP) is 6.81. The molecule has 0 fully saturated rings. The number of hydrogen-bond acceptors (Lipinski definition) is 4. The minimum atomic E-state index is -4.38. The second-order valence-corrected chi connectivity index (χ2v) is 9.53. The van der Waals surface area contributed by atoms with Gasteiger partial charge in [-0.3, -0.25) is 4.79 Å². The first kappa shape index (κ1) is 23.8. The summed E-state index contributed by atoms with van der Waals surface area (Å²) in [4.78, 5) is 20.3. The number of nitrogens with one attached hydrogen (secondary N) is 1. The lowest BCUT2D eigenvalue weighted by atomic mass is 9.84. The number of hydrogen-bond donors (Lipinski definition) is 2. The molecular weight excluding hydrogens is 465 g/mol. The van der Waals surface area contributed by atoms with Crippen molar-refractivity contribution in [1.82, 2.24) is 9.97 Å². The van der Waals surface area contributed by atoms with E-state index in [2.05, 4.69) is 9.97 Å². The summed E-state index contributed by atoms with van der Waals surface area (Å²) >= 11 is 1.39. The highest BCUT2D eigenvalue weighted by Crippen LogP contribution is 2.35. The molecule has 0 aliphatic rings. The topological polar surface area (TPSA) is 75.2 Å². The summed E-state index contributed by atoms with van der Waals surface area (Å²) in [7, 11) is 0. The van der Waals surface area contributed by atoms with Crippen LogP contribution in [0.1, 0.15) is 42.5 Å². The van der Waals surface area contributed by atoms with Crippen molar-refractivity contribution in [3.63, 3.8) is 0 Å². The molecule has 178 valence electrons. The van der Waals surface area contributed by atoms with Crippen LogP contribution in [0.5, 0.6) is 5.75 Å². The Balaban J connectivity index is 1.57. The van der Waals surface area contributed by atoms with Crippen molar-refractivity contribution >= 4 is 28.2 Å². The van der Waals surface area contributed by atoms with Gasteiger partial charge in [0, 0.05) is 22.7 Å². The quantitative estimate of drug-likeness (QED) is 0.300. The minimum Gasteiger partial charge on any atom is -0.488 e. The Morgan fingerprint density at radius 2 is 1.85 bits per heavy atom. The monoisotopic (exact) mass is 488 g/mol. The molecule has 2 heterocycles. The first-order chi connectivity index (χ1) is 16.0. The van der Waals surface area contributed by atoms with Crippen molar-refractivity contribution in [2.75, 3.05) is 0 Å². The van der Waals surface area contributed by atoms with Crippen LogP contribution in [0.15, 0.2) is 48.7 Å². The Labute approximate surface area is 198 Å². The highest BCUT2D eigenvalue weighted by molar-refractivity contribution is 7.15. The number of halogens is 3. The predicted molar refractivity (Wildman–Crippen MR) is 125 cm³/mol. The number of aryl methyl sites for hydroxylation is 1. The van der Waals surface area contributed by atoms with E-state index >= 15 is 0 Å². The molecule has 5 nitrogen and oxygen atoms in total. The molecule has 2 aromatic carbocycles. The lowest BCUT2D eigenvalue weighted by Crippen LogP contribution is -2.28. The van der Waals surface area contributed by atoms with E-state index in [1.165, 1.54) is 23.5 Å². The number of fused-ring (bicyclic) bond motifs is 1. The number of carboxylic acid groups (broad SMARTS) is 1. The summed E-state index contributed by atoms with van der Waals surface area (Å²) in [6, 6.07) is 10.4. The summed E-state index contributed by atoms with van der Waals surface area (Å²) in [5, 5.41) is 11.0. The number of carbonyl (C=O) groups is 1. The lowest BCUT2D eigenvalue weighted by Gasteiger charge is -2.18. The zero-order valence-electron chi connectivity index (χ0n) is 18.8. The second-order valence-electron chi connectivity index (χ2n) is 8.45. The molecule has 0 unspecified atom stereocenters. The van der Waals surface area contributed by atoms with E-state index in [1.54, 1.807) is 26.1 Å². The minimum absolute atomic E-state index is 0.245. The molecule has 2 N–H and O–H groups in total. The van der Waals surface area contributed by atoms with E-state index in [0.717, 1.165) is 33.6 Å². The van der Waals surface area contributed by atoms with Crippen molar-refractivity contribution in [1.29, 1.82) is 0 Å². The van der Waals surface area contributed by atoms with Gasteiger partial charge < -0.3 is 14.8 Å². The van der Waals surface area contributed by atoms with Crippen molar-refractivity contribution in [2.24, 2.45) is 0 Å². The van der Waals surface area contributed by atoms with Crippen LogP contribution in [0, 0.1) is 0 Å². The molecule has 4 rings (SSSR count). The fourth-order valence-electron chi connectivity index (χ4n) is 3.67. The molecule has 0 aliphatic heterocycles. The number of rotatable bonds is 7. The van der Waals surface area contributed by atoms with E-state index in [-0.39, 0.29) is 6.61 Å². The smallest absolute Gasteiger partial charge is 0.416 e. The standard InChI is InChI=1S/C25H23F3N2O3S/c1-4-19-21(34-22(30-19)14-5-7-15(8-6-14)25(26,27)28)13-33-16-9-10-20-17(11-16)18(12-29-20)24(2,3)23(31)32/h5-12,29H,4,13H2,1-3H3,(H,31,32). The maximum Gasteiger partial charge on any atom is 0.416 e. The molecule has 0 radical (unpaired) electrons. The average molecular weight is 489 g/mol. The third-order valence-electron chi connectivity index (χ3n) is 5.80. The van der Waals surface area contributed by atoms with E-state index in [4.69, 9.17) is 4.74 Å². The van der Waals surface area contributed by atoms with Crippen LogP contribution in [0.25, 0.3) is 21.5 Å². The van der Waals surface area contributed by atoms with Crippen LogP contribution in [0.3, 0.4) is 0 Å². The van der Waals surface area contributed by atoms with Crippen molar-refractivity contribution in [3.05, 3.63) is 70.4 Å². The second kappa shape index (κ2) is 8.79. The highest BCUT2D eigenvalue weighted by Gasteiger charge is 2.32. The lowest BCUT2D eigenvalue weighted by molar-refractivity contribution is -0.142. The van der Waals surface area contributed by atoms with E-state index in [9.17, 15) is 23.1 Å². The van der Waals surface area contributed by atoms with Gasteiger partial charge in [-0.25, -0.2) is 4.98 Å². The molecule has 0 spiro atoms. The van der Waals surface area contributed by atoms with Gasteiger partial charge in [-0.2, -0.15) is 13.2 Å². The Morgan fingerprint density at radius 1 is 1.15 bits per heavy atom. The molecule has 4 aromatic rings. The van der Waals surface area contributed by atoms with E-state index in [0.29, 0.717) is 28.3 Å². The number of H-pyrrole nitrogens is 1. The zero-order chi connectivity index (χ0) is 24.7. The van der Waals surface area contributed by atoms with Gasteiger partial charge in [-0.15, -0.1) is 11.3 Å². The molecular formula is C25H23F3N2O3S. The third-order valence-corrected chi connectivity index (χ3v) is 6.92. The van der Waals surface area contributed by atoms with Crippen LogP contribution < -0.4 is 4.74 Å². The Hall–Kier alpha value is -3.33. The molecule has 0 saturated heterocycles. The number of nitrogens with zero attached hydrogens (tertiary/aromatic N) is 1. The SMILES string of the molecule is CCc1nc(-c2ccc(C(F)(F)F)cc2)sc1COc1ccc2[nH]cc(C(C)(C)C(=O)O)c2c1. The summed E-state index contributed by atoms with van der Waals surface area (Å²) in [6.45, 7) is 5.51. The normalized spacial score (nSPS) is 12.3. The van der Waals surface area contributed by atoms with Crippen LogP contribution >= 0.6 is 11.3 Å². The summed E-state index contributed by atoms with van der Waals surface area (Å²) < 4.78 is 44.6. The maximum atomic E-state index is 12.9. The van der Waals surface area contributed by atoms with Crippen LogP contribution in [-0.4, -0.2) is 21.0 Å². The van der Waals surface area contributed by atoms with E-state index in [1.807, 2.05) is 19.1 Å². The number of thiazole rings is 1. The fourth-order valence-corrected chi connectivity index (χ4v) is 4.74.